The summed E-state index contributed by atoms with van der Waals surface area (Å²) in [6.45, 7) is 3.80. The van der Waals surface area contributed by atoms with Crippen molar-refractivity contribution in [1.29, 1.82) is 0 Å². The fourth-order valence-electron chi connectivity index (χ4n) is 2.86. The van der Waals surface area contributed by atoms with Gasteiger partial charge in [0.1, 0.15) is 5.82 Å². The number of hydrogen-bond donors (Lipinski definition) is 2. The predicted molar refractivity (Wildman–Crippen MR) is 106 cm³/mol. The van der Waals surface area contributed by atoms with E-state index < -0.39 is 0 Å². The standard InChI is InChI=1S/C19H21FN4S/c1-14-11-18(24-9-5-6-10-24)17(20)12-15(14)13-21-23-19(25)22-16-7-3-2-4-8-16/h2-4,7-8,11-13H,5-6,9-10H2,1H3,(H2,22,23,25). The number of benzene rings is 2. The SMILES string of the molecule is Cc1cc(N2CCCC2)c(F)cc1C=NNC(=S)Nc1ccccc1. The highest BCUT2D eigenvalue weighted by Crippen LogP contribution is 2.26. The summed E-state index contributed by atoms with van der Waals surface area (Å²) in [5.41, 5.74) is 6.03. The summed E-state index contributed by atoms with van der Waals surface area (Å²) in [6, 6.07) is 13.0. The van der Waals surface area contributed by atoms with Crippen LogP contribution in [0.3, 0.4) is 0 Å². The first-order chi connectivity index (χ1) is 12.1. The maximum Gasteiger partial charge on any atom is 0.191 e. The predicted octanol–water partition coefficient (Wildman–Crippen LogP) is 4.05. The van der Waals surface area contributed by atoms with Gasteiger partial charge in [-0.1, -0.05) is 18.2 Å². The number of hydrazone groups is 1. The van der Waals surface area contributed by atoms with Gasteiger partial charge in [0.15, 0.2) is 5.11 Å². The molecule has 1 fully saturated rings. The molecule has 0 atom stereocenters. The van der Waals surface area contributed by atoms with Gasteiger partial charge in [-0.25, -0.2) is 4.39 Å². The molecule has 130 valence electrons. The Hall–Kier alpha value is -2.47. The summed E-state index contributed by atoms with van der Waals surface area (Å²) in [5, 5.41) is 7.52. The Balaban J connectivity index is 1.63. The van der Waals surface area contributed by atoms with Gasteiger partial charge in [0.2, 0.25) is 0 Å². The Kier molecular flexibility index (Phi) is 5.60. The normalized spacial score (nSPS) is 14.1. The molecule has 2 N–H and O–H groups in total. The van der Waals surface area contributed by atoms with Gasteiger partial charge in [-0.05, 0) is 61.8 Å². The largest absolute Gasteiger partial charge is 0.369 e. The van der Waals surface area contributed by atoms with Crippen molar-refractivity contribution in [2.75, 3.05) is 23.3 Å². The molecule has 0 spiro atoms. The van der Waals surface area contributed by atoms with Gasteiger partial charge >= 0.3 is 0 Å². The zero-order valence-electron chi connectivity index (χ0n) is 14.1. The minimum atomic E-state index is -0.209. The van der Waals surface area contributed by atoms with Crippen LogP contribution in [0.4, 0.5) is 15.8 Å². The van der Waals surface area contributed by atoms with Crippen LogP contribution in [0.1, 0.15) is 24.0 Å². The second-order valence-corrected chi connectivity index (χ2v) is 6.45. The number of hydrogen-bond acceptors (Lipinski definition) is 3. The van der Waals surface area contributed by atoms with Crippen LogP contribution in [0.2, 0.25) is 0 Å². The van der Waals surface area contributed by atoms with Gasteiger partial charge in [0.05, 0.1) is 11.9 Å². The molecule has 25 heavy (non-hydrogen) atoms. The number of rotatable bonds is 4. The van der Waals surface area contributed by atoms with E-state index in [1.54, 1.807) is 6.21 Å². The maximum atomic E-state index is 14.4. The fraction of sp³-hybridized carbons (Fsp3) is 0.263. The summed E-state index contributed by atoms with van der Waals surface area (Å²) in [7, 11) is 0. The van der Waals surface area contributed by atoms with Gasteiger partial charge < -0.3 is 10.2 Å². The van der Waals surface area contributed by atoms with Crippen molar-refractivity contribution in [3.8, 4) is 0 Å². The number of nitrogens with zero attached hydrogens (tertiary/aromatic N) is 2. The molecule has 0 aliphatic carbocycles. The van der Waals surface area contributed by atoms with Crippen molar-refractivity contribution in [1.82, 2.24) is 5.43 Å². The average molecular weight is 356 g/mol. The molecule has 0 radical (unpaired) electrons. The quantitative estimate of drug-likeness (QED) is 0.492. The van der Waals surface area contributed by atoms with Crippen LogP contribution in [0.5, 0.6) is 0 Å². The van der Waals surface area contributed by atoms with E-state index in [1.807, 2.05) is 43.3 Å². The highest BCUT2D eigenvalue weighted by molar-refractivity contribution is 7.80. The third-order valence-electron chi connectivity index (χ3n) is 4.18. The van der Waals surface area contributed by atoms with Gasteiger partial charge in [0, 0.05) is 24.3 Å². The monoisotopic (exact) mass is 356 g/mol. The lowest BCUT2D eigenvalue weighted by atomic mass is 10.1. The third-order valence-corrected chi connectivity index (χ3v) is 4.38. The number of para-hydroxylation sites is 1. The second-order valence-electron chi connectivity index (χ2n) is 6.04. The minimum absolute atomic E-state index is 0.209. The minimum Gasteiger partial charge on any atom is -0.369 e. The van der Waals surface area contributed by atoms with Gasteiger partial charge in [-0.2, -0.15) is 5.10 Å². The van der Waals surface area contributed by atoms with E-state index in [0.717, 1.165) is 42.7 Å². The average Bonchev–Trinajstić information content (AvgIpc) is 3.13. The number of anilines is 2. The lowest BCUT2D eigenvalue weighted by molar-refractivity contribution is 0.622. The number of thiocarbonyl (C=S) groups is 1. The molecule has 0 amide bonds. The van der Waals surface area contributed by atoms with Crippen molar-refractivity contribution < 1.29 is 4.39 Å². The zero-order chi connectivity index (χ0) is 17.6. The van der Waals surface area contributed by atoms with Gasteiger partial charge in [0.25, 0.3) is 0 Å². The first-order valence-corrected chi connectivity index (χ1v) is 8.74. The maximum absolute atomic E-state index is 14.4. The van der Waals surface area contributed by atoms with E-state index in [-0.39, 0.29) is 5.82 Å². The topological polar surface area (TPSA) is 39.7 Å². The molecule has 0 unspecified atom stereocenters. The third kappa shape index (κ3) is 4.54. The van der Waals surface area contributed by atoms with E-state index in [9.17, 15) is 4.39 Å². The van der Waals surface area contributed by atoms with Crippen LogP contribution < -0.4 is 15.6 Å². The molecule has 0 aromatic heterocycles. The van der Waals surface area contributed by atoms with Crippen molar-refractivity contribution in [2.45, 2.75) is 19.8 Å². The van der Waals surface area contributed by atoms with Crippen molar-refractivity contribution in [2.24, 2.45) is 5.10 Å². The molecular formula is C19H21FN4S. The van der Waals surface area contributed by atoms with Crippen molar-refractivity contribution >= 4 is 34.9 Å². The molecule has 0 bridgehead atoms. The Morgan fingerprint density at radius 3 is 2.64 bits per heavy atom. The van der Waals surface area contributed by atoms with Gasteiger partial charge in [-0.15, -0.1) is 0 Å². The summed E-state index contributed by atoms with van der Waals surface area (Å²) >= 11 is 5.19. The fourth-order valence-corrected chi connectivity index (χ4v) is 3.03. The lowest BCUT2D eigenvalue weighted by Gasteiger charge is -2.19. The summed E-state index contributed by atoms with van der Waals surface area (Å²) in [4.78, 5) is 2.10. The van der Waals surface area contributed by atoms with E-state index in [4.69, 9.17) is 12.2 Å². The van der Waals surface area contributed by atoms with E-state index in [2.05, 4.69) is 20.7 Å². The van der Waals surface area contributed by atoms with Crippen molar-refractivity contribution in [3.05, 3.63) is 59.4 Å². The first kappa shape index (κ1) is 17.4. The summed E-state index contributed by atoms with van der Waals surface area (Å²) in [5.74, 6) is -0.209. The highest BCUT2D eigenvalue weighted by atomic mass is 32.1. The molecule has 2 aromatic carbocycles. The molecule has 3 rings (SSSR count). The summed E-state index contributed by atoms with van der Waals surface area (Å²) < 4.78 is 14.4. The molecule has 1 aliphatic heterocycles. The molecule has 2 aromatic rings. The number of halogens is 1. The number of aryl methyl sites for hydroxylation is 1. The van der Waals surface area contributed by atoms with Crippen molar-refractivity contribution in [3.63, 3.8) is 0 Å². The second kappa shape index (κ2) is 8.07. The molecule has 4 nitrogen and oxygen atoms in total. The van der Waals surface area contributed by atoms with Crippen LogP contribution in [0.25, 0.3) is 0 Å². The Morgan fingerprint density at radius 2 is 1.92 bits per heavy atom. The molecule has 1 saturated heterocycles. The smallest absolute Gasteiger partial charge is 0.191 e. The van der Waals surface area contributed by atoms with Crippen LogP contribution in [0.15, 0.2) is 47.6 Å². The number of nitrogens with one attached hydrogen (secondary N) is 2. The first-order valence-electron chi connectivity index (χ1n) is 8.34. The van der Waals surface area contributed by atoms with E-state index >= 15 is 0 Å². The van der Waals surface area contributed by atoms with Gasteiger partial charge in [-0.3, -0.25) is 5.43 Å². The molecule has 0 saturated carbocycles. The molecule has 1 heterocycles. The Bertz CT molecular complexity index is 770. The summed E-state index contributed by atoms with van der Waals surface area (Å²) in [6.07, 6.45) is 3.83. The van der Waals surface area contributed by atoms with Crippen LogP contribution in [0, 0.1) is 12.7 Å². The zero-order valence-corrected chi connectivity index (χ0v) is 14.9. The Labute approximate surface area is 152 Å². The van der Waals surface area contributed by atoms with E-state index in [1.165, 1.54) is 6.07 Å². The highest BCUT2D eigenvalue weighted by Gasteiger charge is 2.17. The van der Waals surface area contributed by atoms with Crippen LogP contribution in [-0.4, -0.2) is 24.4 Å². The lowest BCUT2D eigenvalue weighted by Crippen LogP contribution is -2.23. The molecule has 6 heteroatoms. The molecular weight excluding hydrogens is 335 g/mol. The van der Waals surface area contributed by atoms with E-state index in [0.29, 0.717) is 10.8 Å². The van der Waals surface area contributed by atoms with Crippen LogP contribution >= 0.6 is 12.2 Å². The van der Waals surface area contributed by atoms with Crippen LogP contribution in [-0.2, 0) is 0 Å². The Morgan fingerprint density at radius 1 is 1.20 bits per heavy atom. The molecule has 1 aliphatic rings.